The number of alkyl halides is 3. The van der Waals surface area contributed by atoms with Crippen molar-refractivity contribution in [3.05, 3.63) is 34.9 Å². The molecule has 4 rings (SSSR count). The van der Waals surface area contributed by atoms with E-state index in [-0.39, 0.29) is 24.2 Å². The smallest absolute Gasteiger partial charge is 0.416 e. The van der Waals surface area contributed by atoms with Crippen molar-refractivity contribution >= 4 is 12.3 Å². The molecule has 2 heterocycles. The molecule has 0 radical (unpaired) electrons. The van der Waals surface area contributed by atoms with Gasteiger partial charge in [-0.05, 0) is 68.3 Å². The first-order valence-corrected chi connectivity index (χ1v) is 10.6. The molecule has 6 nitrogen and oxygen atoms in total. The highest BCUT2D eigenvalue weighted by molar-refractivity contribution is 5.75. The summed E-state index contributed by atoms with van der Waals surface area (Å²) in [5.41, 5.74) is 1.93. The molecule has 0 saturated carbocycles. The molecule has 1 aromatic heterocycles. The van der Waals surface area contributed by atoms with Crippen molar-refractivity contribution in [1.82, 2.24) is 15.5 Å². The summed E-state index contributed by atoms with van der Waals surface area (Å²) >= 11 is 0. The summed E-state index contributed by atoms with van der Waals surface area (Å²) in [5, 5.41) is 15.7. The van der Waals surface area contributed by atoms with Crippen LogP contribution in [0.15, 0.2) is 18.2 Å². The van der Waals surface area contributed by atoms with Crippen LogP contribution in [0.1, 0.15) is 55.2 Å². The van der Waals surface area contributed by atoms with Crippen molar-refractivity contribution in [3.8, 4) is 17.0 Å². The number of rotatable bonds is 5. The molecule has 1 aromatic carbocycles. The Labute approximate surface area is 178 Å². The lowest BCUT2D eigenvalue weighted by Crippen LogP contribution is -2.39. The number of benzene rings is 1. The molecule has 1 saturated heterocycles. The van der Waals surface area contributed by atoms with Crippen molar-refractivity contribution in [1.29, 1.82) is 0 Å². The number of carbonyl (C=O) groups is 1. The van der Waals surface area contributed by atoms with Gasteiger partial charge in [-0.25, -0.2) is 0 Å². The van der Waals surface area contributed by atoms with Gasteiger partial charge in [0, 0.05) is 23.7 Å². The average molecular weight is 434 g/mol. The molecule has 0 bridgehead atoms. The van der Waals surface area contributed by atoms with E-state index in [1.165, 1.54) is 6.07 Å². The molecule has 2 N–H and O–H groups in total. The van der Waals surface area contributed by atoms with E-state index < -0.39 is 11.7 Å². The molecule has 0 amide bonds. The highest BCUT2D eigenvalue weighted by Crippen LogP contribution is 2.43. The van der Waals surface area contributed by atoms with Gasteiger partial charge in [-0.2, -0.15) is 13.2 Å². The van der Waals surface area contributed by atoms with Gasteiger partial charge in [0.05, 0.1) is 5.56 Å². The topological polar surface area (TPSA) is 76.1 Å². The fourth-order valence-electron chi connectivity index (χ4n) is 4.52. The Balaban J connectivity index is 1.79. The van der Waals surface area contributed by atoms with Crippen LogP contribution in [0.3, 0.4) is 0 Å². The predicted octanol–water partition coefficient (Wildman–Crippen LogP) is 4.30. The Hall–Kier alpha value is -2.68. The van der Waals surface area contributed by atoms with Crippen molar-refractivity contribution < 1.29 is 22.7 Å². The van der Waals surface area contributed by atoms with E-state index in [2.05, 4.69) is 27.8 Å². The van der Waals surface area contributed by atoms with Crippen LogP contribution in [-0.4, -0.2) is 35.8 Å². The second-order valence-electron chi connectivity index (χ2n) is 8.19. The number of ether oxygens (including phenoxy) is 1. The van der Waals surface area contributed by atoms with E-state index in [1.54, 1.807) is 0 Å². The molecule has 166 valence electrons. The van der Waals surface area contributed by atoms with Crippen LogP contribution < -0.4 is 15.4 Å². The lowest BCUT2D eigenvalue weighted by molar-refractivity contribution is -0.138. The number of fused-ring (bicyclic) bond motifs is 1. The largest absolute Gasteiger partial charge is 0.428 e. The maximum Gasteiger partial charge on any atom is 0.416 e. The second-order valence-corrected chi connectivity index (χ2v) is 8.19. The third-order valence-electron chi connectivity index (χ3n) is 6.05. The summed E-state index contributed by atoms with van der Waals surface area (Å²) in [6, 6.07) is 3.39. The number of halogens is 3. The Bertz CT molecular complexity index is 959. The number of anilines is 1. The fourth-order valence-corrected chi connectivity index (χ4v) is 4.52. The zero-order valence-electron chi connectivity index (χ0n) is 17.3. The molecule has 2 aromatic rings. The Morgan fingerprint density at radius 3 is 2.77 bits per heavy atom. The molecule has 9 heteroatoms. The molecule has 2 atom stereocenters. The normalized spacial score (nSPS) is 21.3. The number of aromatic nitrogens is 2. The van der Waals surface area contributed by atoms with Gasteiger partial charge in [0.2, 0.25) is 0 Å². The van der Waals surface area contributed by atoms with Gasteiger partial charge in [0.25, 0.3) is 6.47 Å². The van der Waals surface area contributed by atoms with Gasteiger partial charge in [-0.1, -0.05) is 6.92 Å². The van der Waals surface area contributed by atoms with Crippen LogP contribution in [0.5, 0.6) is 5.75 Å². The molecule has 1 unspecified atom stereocenters. The summed E-state index contributed by atoms with van der Waals surface area (Å²) in [7, 11) is 0. The first-order valence-electron chi connectivity index (χ1n) is 10.6. The quantitative estimate of drug-likeness (QED) is 0.684. The van der Waals surface area contributed by atoms with Crippen LogP contribution in [0, 0.1) is 0 Å². The summed E-state index contributed by atoms with van der Waals surface area (Å²) in [6.07, 6.45) is 0.341. The van der Waals surface area contributed by atoms with Gasteiger partial charge in [-0.3, -0.25) is 4.79 Å². The number of carbonyl (C=O) groups excluding carboxylic acids is 1. The first-order chi connectivity index (χ1) is 14.9. The number of piperidine rings is 1. The fraction of sp³-hybridized carbons (Fsp3) is 0.500. The van der Waals surface area contributed by atoms with Gasteiger partial charge in [0.1, 0.15) is 11.4 Å². The number of nitrogens with one attached hydrogen (secondary N) is 2. The minimum absolute atomic E-state index is 0.133. The van der Waals surface area contributed by atoms with Crippen molar-refractivity contribution in [2.45, 2.75) is 57.2 Å². The van der Waals surface area contributed by atoms with E-state index in [0.717, 1.165) is 74.3 Å². The minimum atomic E-state index is -4.54. The van der Waals surface area contributed by atoms with Gasteiger partial charge >= 0.3 is 6.18 Å². The molecule has 1 aliphatic heterocycles. The molecule has 31 heavy (non-hydrogen) atoms. The van der Waals surface area contributed by atoms with E-state index in [4.69, 9.17) is 4.74 Å². The lowest BCUT2D eigenvalue weighted by atomic mass is 9.81. The second kappa shape index (κ2) is 8.82. The van der Waals surface area contributed by atoms with Crippen LogP contribution in [-0.2, 0) is 17.4 Å². The summed E-state index contributed by atoms with van der Waals surface area (Å²) in [6.45, 7) is 4.07. The number of hydrogen-bond donors (Lipinski definition) is 2. The van der Waals surface area contributed by atoms with E-state index in [9.17, 15) is 18.0 Å². The van der Waals surface area contributed by atoms with E-state index in [0.29, 0.717) is 11.3 Å². The molecule has 1 fully saturated rings. The zero-order chi connectivity index (χ0) is 22.0. The monoisotopic (exact) mass is 434 g/mol. The van der Waals surface area contributed by atoms with Gasteiger partial charge in [-0.15, -0.1) is 10.2 Å². The predicted molar refractivity (Wildman–Crippen MR) is 110 cm³/mol. The van der Waals surface area contributed by atoms with E-state index >= 15 is 0 Å². The lowest BCUT2D eigenvalue weighted by Gasteiger charge is -2.29. The standard InChI is InChI=1S/C22H25F3N4O2/c1-13-4-2-6-17-19(13)20(28-29-21(17)27-15-5-3-9-26-11-15)16-8-7-14(22(23,24)25)10-18(16)31-12-30/h7-8,10,12-13,15,26H,2-6,9,11H2,1H3,(H,27,29)/t13?,15-/m1/s1. The van der Waals surface area contributed by atoms with Crippen LogP contribution in [0.4, 0.5) is 19.0 Å². The van der Waals surface area contributed by atoms with Crippen LogP contribution >= 0.6 is 0 Å². The van der Waals surface area contributed by atoms with Crippen LogP contribution in [0.2, 0.25) is 0 Å². The Morgan fingerprint density at radius 2 is 2.06 bits per heavy atom. The molecular weight excluding hydrogens is 409 g/mol. The van der Waals surface area contributed by atoms with Gasteiger partial charge in [0.15, 0.2) is 5.82 Å². The SMILES string of the molecule is CC1CCCc2c(N[C@@H]3CCCNC3)nnc(-c3ccc(C(F)(F)F)cc3OC=O)c21. The van der Waals surface area contributed by atoms with Crippen molar-refractivity contribution in [2.24, 2.45) is 0 Å². The zero-order valence-corrected chi connectivity index (χ0v) is 17.3. The summed E-state index contributed by atoms with van der Waals surface area (Å²) in [4.78, 5) is 11.0. The molecule has 0 spiro atoms. The highest BCUT2D eigenvalue weighted by Gasteiger charge is 2.33. The summed E-state index contributed by atoms with van der Waals surface area (Å²) in [5.74, 6) is 0.728. The summed E-state index contributed by atoms with van der Waals surface area (Å²) < 4.78 is 44.4. The molecule has 1 aliphatic carbocycles. The molecular formula is C22H25F3N4O2. The number of nitrogens with zero attached hydrogens (tertiary/aromatic N) is 2. The Kier molecular flexibility index (Phi) is 6.13. The molecule has 2 aliphatic rings. The minimum Gasteiger partial charge on any atom is -0.428 e. The van der Waals surface area contributed by atoms with E-state index in [1.807, 2.05) is 0 Å². The maximum absolute atomic E-state index is 13.2. The highest BCUT2D eigenvalue weighted by atomic mass is 19.4. The Morgan fingerprint density at radius 1 is 1.23 bits per heavy atom. The van der Waals surface area contributed by atoms with Crippen LogP contribution in [0.25, 0.3) is 11.3 Å². The number of hydrogen-bond acceptors (Lipinski definition) is 6. The first kappa shape index (κ1) is 21.5. The van der Waals surface area contributed by atoms with Crippen molar-refractivity contribution in [2.75, 3.05) is 18.4 Å². The third kappa shape index (κ3) is 4.51. The average Bonchev–Trinajstić information content (AvgIpc) is 2.75. The maximum atomic E-state index is 13.2. The third-order valence-corrected chi connectivity index (χ3v) is 6.05. The van der Waals surface area contributed by atoms with Crippen molar-refractivity contribution in [3.63, 3.8) is 0 Å². The van der Waals surface area contributed by atoms with Gasteiger partial charge < -0.3 is 15.4 Å².